The molecule has 1 aromatic heterocycles. The Morgan fingerprint density at radius 1 is 1.39 bits per heavy atom. The van der Waals surface area contributed by atoms with Gasteiger partial charge in [0.05, 0.1) is 4.88 Å². The van der Waals surface area contributed by atoms with Gasteiger partial charge in [-0.25, -0.2) is 4.98 Å². The number of carbonyl (C=O) groups excluding carboxylic acids is 1. The van der Waals surface area contributed by atoms with E-state index in [4.69, 9.17) is 0 Å². The van der Waals surface area contributed by atoms with Crippen LogP contribution in [-0.4, -0.2) is 35.3 Å². The summed E-state index contributed by atoms with van der Waals surface area (Å²) >= 11 is 0.411. The second-order valence-corrected chi connectivity index (χ2v) is 4.76. The van der Waals surface area contributed by atoms with Crippen molar-refractivity contribution < 1.29 is 18.0 Å². The summed E-state index contributed by atoms with van der Waals surface area (Å²) in [7, 11) is 0. The highest BCUT2D eigenvalue weighted by atomic mass is 32.1. The fraction of sp³-hybridized carbons (Fsp3) is 0.636. The van der Waals surface area contributed by atoms with Crippen molar-refractivity contribution in [1.82, 2.24) is 9.88 Å². The van der Waals surface area contributed by atoms with Gasteiger partial charge in [0.2, 0.25) is 0 Å². The Morgan fingerprint density at radius 2 is 2.00 bits per heavy atom. The van der Waals surface area contributed by atoms with Crippen LogP contribution in [0.25, 0.3) is 0 Å². The zero-order chi connectivity index (χ0) is 13.8. The Morgan fingerprint density at radius 3 is 2.44 bits per heavy atom. The van der Waals surface area contributed by atoms with E-state index in [2.05, 4.69) is 4.98 Å². The van der Waals surface area contributed by atoms with Crippen LogP contribution in [0.3, 0.4) is 0 Å². The van der Waals surface area contributed by atoms with Crippen LogP contribution in [0, 0.1) is 0 Å². The minimum atomic E-state index is -4.47. The quantitative estimate of drug-likeness (QED) is 0.751. The largest absolute Gasteiger partial charge is 0.443 e. The average molecular weight is 280 g/mol. The molecule has 3 nitrogen and oxygen atoms in total. The highest BCUT2D eigenvalue weighted by Crippen LogP contribution is 2.32. The molecular formula is C11H15F3N2OS. The lowest BCUT2D eigenvalue weighted by atomic mass is 10.2. The smallest absolute Gasteiger partial charge is 0.303 e. The second kappa shape index (κ2) is 6.29. The predicted octanol–water partition coefficient (Wildman–Crippen LogP) is 3.08. The van der Waals surface area contributed by atoms with Gasteiger partial charge in [-0.05, 0) is 13.1 Å². The standard InChI is InChI=1S/C11H15F3N2OS/c1-3-16(4-2)6-5-8(17)9-7-15-10(18-9)11(12,13)14/h7H,3-6H2,1-2H3. The summed E-state index contributed by atoms with van der Waals surface area (Å²) in [4.78, 5) is 17.1. The summed E-state index contributed by atoms with van der Waals surface area (Å²) in [5.41, 5.74) is 0. The van der Waals surface area contributed by atoms with E-state index in [0.717, 1.165) is 19.3 Å². The summed E-state index contributed by atoms with van der Waals surface area (Å²) in [6.07, 6.45) is -3.23. The van der Waals surface area contributed by atoms with Crippen LogP contribution in [0.4, 0.5) is 13.2 Å². The molecule has 0 saturated heterocycles. The van der Waals surface area contributed by atoms with Crippen molar-refractivity contribution >= 4 is 17.1 Å². The number of hydrogen-bond acceptors (Lipinski definition) is 4. The highest BCUT2D eigenvalue weighted by molar-refractivity contribution is 7.13. The number of thiazole rings is 1. The van der Waals surface area contributed by atoms with Crippen molar-refractivity contribution in [3.8, 4) is 0 Å². The molecular weight excluding hydrogens is 265 g/mol. The number of ketones is 1. The lowest BCUT2D eigenvalue weighted by molar-refractivity contribution is -0.137. The molecule has 0 N–H and O–H groups in total. The van der Waals surface area contributed by atoms with Crippen LogP contribution in [-0.2, 0) is 6.18 Å². The highest BCUT2D eigenvalue weighted by Gasteiger charge is 2.35. The topological polar surface area (TPSA) is 33.2 Å². The fourth-order valence-electron chi connectivity index (χ4n) is 1.46. The molecule has 0 radical (unpaired) electrons. The Kier molecular flexibility index (Phi) is 5.28. The first kappa shape index (κ1) is 15.1. The minimum Gasteiger partial charge on any atom is -0.303 e. The average Bonchev–Trinajstić information content (AvgIpc) is 2.79. The van der Waals surface area contributed by atoms with Gasteiger partial charge in [-0.2, -0.15) is 13.2 Å². The van der Waals surface area contributed by atoms with Crippen LogP contribution in [0.5, 0.6) is 0 Å². The molecule has 0 aliphatic rings. The molecule has 102 valence electrons. The maximum atomic E-state index is 12.3. The van der Waals surface area contributed by atoms with Crippen molar-refractivity contribution in [1.29, 1.82) is 0 Å². The number of Topliss-reactive ketones (excluding diaryl/α,β-unsaturated/α-hetero) is 1. The third-order valence-corrected chi connectivity index (χ3v) is 3.66. The maximum absolute atomic E-state index is 12.3. The summed E-state index contributed by atoms with van der Waals surface area (Å²) in [5, 5.41) is -0.964. The molecule has 1 aromatic rings. The molecule has 18 heavy (non-hydrogen) atoms. The monoisotopic (exact) mass is 280 g/mol. The Hall–Kier alpha value is -0.950. The Labute approximate surface area is 108 Å². The van der Waals surface area contributed by atoms with Crippen molar-refractivity contribution in [2.75, 3.05) is 19.6 Å². The van der Waals surface area contributed by atoms with E-state index >= 15 is 0 Å². The van der Waals surface area contributed by atoms with Crippen LogP contribution in [0.1, 0.15) is 34.9 Å². The summed E-state index contributed by atoms with van der Waals surface area (Å²) < 4.78 is 36.9. The molecule has 0 spiro atoms. The fourth-order valence-corrected chi connectivity index (χ4v) is 2.21. The van der Waals surface area contributed by atoms with Crippen LogP contribution < -0.4 is 0 Å². The van der Waals surface area contributed by atoms with Gasteiger partial charge in [0, 0.05) is 19.2 Å². The number of carbonyl (C=O) groups is 1. The van der Waals surface area contributed by atoms with Crippen LogP contribution in [0.15, 0.2) is 6.20 Å². The van der Waals surface area contributed by atoms with Gasteiger partial charge in [-0.3, -0.25) is 4.79 Å². The normalized spacial score (nSPS) is 12.1. The molecule has 1 rings (SSSR count). The first-order valence-electron chi connectivity index (χ1n) is 5.67. The molecule has 1 heterocycles. The van der Waals surface area contributed by atoms with Gasteiger partial charge in [0.15, 0.2) is 10.8 Å². The van der Waals surface area contributed by atoms with E-state index in [1.165, 1.54) is 0 Å². The third-order valence-electron chi connectivity index (χ3n) is 2.57. The van der Waals surface area contributed by atoms with Crippen molar-refractivity contribution in [3.05, 3.63) is 16.1 Å². The van der Waals surface area contributed by atoms with Gasteiger partial charge >= 0.3 is 6.18 Å². The van der Waals surface area contributed by atoms with Gasteiger partial charge in [0.1, 0.15) is 0 Å². The Balaban J connectivity index is 2.60. The molecule has 0 atom stereocenters. The first-order chi connectivity index (χ1) is 8.38. The molecule has 0 saturated carbocycles. The van der Waals surface area contributed by atoms with E-state index in [1.54, 1.807) is 0 Å². The summed E-state index contributed by atoms with van der Waals surface area (Å²) in [6.45, 7) is 6.15. The molecule has 0 bridgehead atoms. The van der Waals surface area contributed by atoms with Crippen molar-refractivity contribution in [2.24, 2.45) is 0 Å². The number of rotatable bonds is 6. The van der Waals surface area contributed by atoms with Gasteiger partial charge < -0.3 is 4.90 Å². The minimum absolute atomic E-state index is 0.0782. The first-order valence-corrected chi connectivity index (χ1v) is 6.48. The SMILES string of the molecule is CCN(CC)CCC(=O)c1cnc(C(F)(F)F)s1. The second-order valence-electron chi connectivity index (χ2n) is 3.73. The van der Waals surface area contributed by atoms with Gasteiger partial charge in [-0.1, -0.05) is 13.8 Å². The van der Waals surface area contributed by atoms with E-state index < -0.39 is 11.2 Å². The van der Waals surface area contributed by atoms with E-state index in [-0.39, 0.29) is 17.1 Å². The van der Waals surface area contributed by atoms with Crippen LogP contribution >= 0.6 is 11.3 Å². The van der Waals surface area contributed by atoms with E-state index in [0.29, 0.717) is 17.9 Å². The van der Waals surface area contributed by atoms with Crippen LogP contribution in [0.2, 0.25) is 0 Å². The van der Waals surface area contributed by atoms with E-state index in [1.807, 2.05) is 18.7 Å². The predicted molar refractivity (Wildman–Crippen MR) is 63.9 cm³/mol. The number of aromatic nitrogens is 1. The maximum Gasteiger partial charge on any atom is 0.443 e. The lowest BCUT2D eigenvalue weighted by Crippen LogP contribution is -2.25. The number of halogens is 3. The summed E-state index contributed by atoms with van der Waals surface area (Å²) in [6, 6.07) is 0. The summed E-state index contributed by atoms with van der Waals surface area (Å²) in [5.74, 6) is -0.282. The molecule has 7 heteroatoms. The lowest BCUT2D eigenvalue weighted by Gasteiger charge is -2.16. The number of nitrogens with zero attached hydrogens (tertiary/aromatic N) is 2. The van der Waals surface area contributed by atoms with Crippen molar-refractivity contribution in [2.45, 2.75) is 26.4 Å². The molecule has 0 aliphatic carbocycles. The number of hydrogen-bond donors (Lipinski definition) is 0. The molecule has 0 unspecified atom stereocenters. The molecule has 0 fully saturated rings. The van der Waals surface area contributed by atoms with Crippen molar-refractivity contribution in [3.63, 3.8) is 0 Å². The Bertz CT molecular complexity index is 399. The zero-order valence-corrected chi connectivity index (χ0v) is 11.1. The molecule has 0 aliphatic heterocycles. The third kappa shape index (κ3) is 4.06. The molecule has 0 aromatic carbocycles. The number of alkyl halides is 3. The van der Waals surface area contributed by atoms with Gasteiger partial charge in [0.25, 0.3) is 0 Å². The van der Waals surface area contributed by atoms with E-state index in [9.17, 15) is 18.0 Å². The zero-order valence-electron chi connectivity index (χ0n) is 10.3. The molecule has 0 amide bonds. The van der Waals surface area contributed by atoms with Gasteiger partial charge in [-0.15, -0.1) is 11.3 Å².